The first kappa shape index (κ1) is 32.7. The number of non-ortho nitro benzene ring substituents is 1. The van der Waals surface area contributed by atoms with Gasteiger partial charge in [-0.3, -0.25) is 19.7 Å². The van der Waals surface area contributed by atoms with Crippen LogP contribution in [0.25, 0.3) is 0 Å². The van der Waals surface area contributed by atoms with Crippen molar-refractivity contribution >= 4 is 33.2 Å². The van der Waals surface area contributed by atoms with E-state index in [1.54, 1.807) is 19.2 Å². The highest BCUT2D eigenvalue weighted by molar-refractivity contribution is 9.10. The molecule has 0 saturated carbocycles. The van der Waals surface area contributed by atoms with Gasteiger partial charge in [-0.1, -0.05) is 58.0 Å². The molecule has 0 aromatic heterocycles. The summed E-state index contributed by atoms with van der Waals surface area (Å²) in [5.41, 5.74) is 5.61. The average Bonchev–Trinajstić information content (AvgIpc) is 3.00. The number of halogens is 1. The number of carbonyl (C=O) groups is 2. The molecular formula is C38H39BrN2O6. The summed E-state index contributed by atoms with van der Waals surface area (Å²) in [6.45, 7) is 9.31. The lowest BCUT2D eigenvalue weighted by Crippen LogP contribution is -2.44. The third-order valence-corrected chi connectivity index (χ3v) is 9.91. The highest BCUT2D eigenvalue weighted by atomic mass is 79.9. The van der Waals surface area contributed by atoms with Gasteiger partial charge in [-0.2, -0.15) is 0 Å². The molecule has 244 valence electrons. The van der Waals surface area contributed by atoms with Crippen molar-refractivity contribution in [2.45, 2.75) is 72.4 Å². The van der Waals surface area contributed by atoms with Gasteiger partial charge in [-0.05, 0) is 80.6 Å². The van der Waals surface area contributed by atoms with E-state index in [2.05, 4.69) is 60.7 Å². The molecule has 6 rings (SSSR count). The number of methoxy groups -OCH3 is 1. The molecule has 1 aliphatic heterocycles. The highest BCUT2D eigenvalue weighted by Crippen LogP contribution is 2.55. The lowest BCUT2D eigenvalue weighted by Gasteiger charge is -2.49. The summed E-state index contributed by atoms with van der Waals surface area (Å²) < 4.78 is 12.6. The summed E-state index contributed by atoms with van der Waals surface area (Å²) in [5.74, 6) is 0.522. The van der Waals surface area contributed by atoms with E-state index in [1.807, 2.05) is 30.3 Å². The summed E-state index contributed by atoms with van der Waals surface area (Å²) in [6.07, 6.45) is 2.24. The molecule has 0 saturated heterocycles. The molecule has 2 aliphatic carbocycles. The number of carbonyl (C=O) groups excluding carboxylic acids is 2. The summed E-state index contributed by atoms with van der Waals surface area (Å²) >= 11 is 3.70. The van der Waals surface area contributed by atoms with Crippen LogP contribution in [0.5, 0.6) is 11.5 Å². The van der Waals surface area contributed by atoms with Crippen LogP contribution < -0.4 is 9.47 Å². The third-order valence-electron chi connectivity index (χ3n) is 9.32. The number of nitrogens with zero attached hydrogens (tertiary/aromatic N) is 2. The first-order valence-electron chi connectivity index (χ1n) is 15.8. The molecule has 0 unspecified atom stereocenters. The maximum Gasteiger partial charge on any atom is 0.269 e. The number of ketones is 2. The first-order valence-corrected chi connectivity index (χ1v) is 16.6. The molecule has 0 amide bonds. The predicted octanol–water partition coefficient (Wildman–Crippen LogP) is 8.83. The molecule has 3 aliphatic rings. The van der Waals surface area contributed by atoms with Crippen molar-refractivity contribution in [2.24, 2.45) is 10.8 Å². The molecule has 3 aromatic rings. The fraction of sp³-hybridized carbons (Fsp3) is 0.368. The van der Waals surface area contributed by atoms with Crippen LogP contribution in [0.1, 0.15) is 76.0 Å². The molecule has 0 spiro atoms. The fourth-order valence-corrected chi connectivity index (χ4v) is 7.83. The quantitative estimate of drug-likeness (QED) is 0.171. The minimum absolute atomic E-state index is 0.00956. The molecule has 0 radical (unpaired) electrons. The highest BCUT2D eigenvalue weighted by Gasteiger charge is 2.49. The number of hydrogen-bond acceptors (Lipinski definition) is 7. The second-order valence-electron chi connectivity index (χ2n) is 14.4. The number of nitro groups is 1. The van der Waals surface area contributed by atoms with Crippen molar-refractivity contribution in [3.05, 3.63) is 121 Å². The van der Waals surface area contributed by atoms with Crippen molar-refractivity contribution < 1.29 is 24.0 Å². The Bertz CT molecular complexity index is 1770. The molecule has 0 bridgehead atoms. The smallest absolute Gasteiger partial charge is 0.269 e. The minimum Gasteiger partial charge on any atom is -0.493 e. The van der Waals surface area contributed by atoms with Gasteiger partial charge in [0, 0.05) is 60.0 Å². The van der Waals surface area contributed by atoms with Crippen LogP contribution in [0.15, 0.2) is 93.7 Å². The van der Waals surface area contributed by atoms with E-state index in [0.717, 1.165) is 40.9 Å². The monoisotopic (exact) mass is 698 g/mol. The van der Waals surface area contributed by atoms with Gasteiger partial charge < -0.3 is 14.4 Å². The van der Waals surface area contributed by atoms with Crippen LogP contribution in [0.4, 0.5) is 5.69 Å². The van der Waals surface area contributed by atoms with E-state index in [1.165, 1.54) is 12.1 Å². The number of rotatable bonds is 8. The summed E-state index contributed by atoms with van der Waals surface area (Å²) in [6, 6.07) is 20.2. The van der Waals surface area contributed by atoms with Crippen molar-refractivity contribution in [1.29, 1.82) is 0 Å². The van der Waals surface area contributed by atoms with Crippen molar-refractivity contribution in [3.63, 3.8) is 0 Å². The first-order chi connectivity index (χ1) is 22.3. The summed E-state index contributed by atoms with van der Waals surface area (Å²) in [7, 11) is 1.56. The van der Waals surface area contributed by atoms with E-state index in [0.29, 0.717) is 46.5 Å². The number of Topliss-reactive ketones (excluding diaryl/α,β-unsaturated/α-hetero) is 2. The fourth-order valence-electron chi connectivity index (χ4n) is 7.25. The lowest BCUT2D eigenvalue weighted by molar-refractivity contribution is -0.384. The molecule has 9 heteroatoms. The van der Waals surface area contributed by atoms with Gasteiger partial charge in [0.2, 0.25) is 0 Å². The molecule has 8 nitrogen and oxygen atoms in total. The van der Waals surface area contributed by atoms with Gasteiger partial charge in [-0.15, -0.1) is 0 Å². The van der Waals surface area contributed by atoms with E-state index >= 15 is 0 Å². The van der Waals surface area contributed by atoms with Gasteiger partial charge in [0.05, 0.1) is 16.5 Å². The Balaban J connectivity index is 1.47. The molecule has 3 aromatic carbocycles. The van der Waals surface area contributed by atoms with Crippen LogP contribution in [0.2, 0.25) is 0 Å². The van der Waals surface area contributed by atoms with Gasteiger partial charge in [-0.25, -0.2) is 0 Å². The van der Waals surface area contributed by atoms with E-state index in [-0.39, 0.29) is 34.7 Å². The van der Waals surface area contributed by atoms with Crippen LogP contribution in [0.3, 0.4) is 0 Å². The summed E-state index contributed by atoms with van der Waals surface area (Å²) in [4.78, 5) is 41.4. The molecule has 0 fully saturated rings. The Hall–Kier alpha value is -4.24. The maximum absolute atomic E-state index is 14.2. The van der Waals surface area contributed by atoms with Crippen molar-refractivity contribution in [2.75, 3.05) is 7.11 Å². The second kappa shape index (κ2) is 12.4. The van der Waals surface area contributed by atoms with Gasteiger partial charge in [0.15, 0.2) is 23.1 Å². The number of nitro benzene ring substituents is 1. The zero-order valence-corrected chi connectivity index (χ0v) is 29.0. The van der Waals surface area contributed by atoms with Gasteiger partial charge in [0.25, 0.3) is 5.69 Å². The minimum atomic E-state index is -0.534. The molecule has 47 heavy (non-hydrogen) atoms. The Morgan fingerprint density at radius 2 is 1.43 bits per heavy atom. The normalized spacial score (nSPS) is 19.0. The Morgan fingerprint density at radius 3 is 1.96 bits per heavy atom. The van der Waals surface area contributed by atoms with Crippen LogP contribution >= 0.6 is 15.9 Å². The molecule has 1 heterocycles. The van der Waals surface area contributed by atoms with E-state index in [4.69, 9.17) is 9.47 Å². The molecule has 0 atom stereocenters. The summed E-state index contributed by atoms with van der Waals surface area (Å²) in [5, 5.41) is 11.1. The largest absolute Gasteiger partial charge is 0.493 e. The lowest BCUT2D eigenvalue weighted by atomic mass is 9.63. The number of allylic oxidation sites excluding steroid dienone is 4. The number of hydrogen-bond donors (Lipinski definition) is 0. The average molecular weight is 700 g/mol. The van der Waals surface area contributed by atoms with Crippen LogP contribution in [-0.4, -0.2) is 28.5 Å². The zero-order valence-electron chi connectivity index (χ0n) is 27.4. The van der Waals surface area contributed by atoms with Gasteiger partial charge >= 0.3 is 0 Å². The molecular weight excluding hydrogens is 660 g/mol. The van der Waals surface area contributed by atoms with Crippen molar-refractivity contribution in [3.8, 4) is 11.5 Å². The molecule has 0 N–H and O–H groups in total. The predicted molar refractivity (Wildman–Crippen MR) is 183 cm³/mol. The standard InChI is InChI=1S/C38H39BrN2O6/c1-37(2)17-28-34(30(42)19-37)33(35-29(18-38(3,4)20-31(35)43)40(28)21-23-9-7-6-8-10-23)25-15-27(39)36(32(16-25)46-5)47-22-24-11-13-26(14-12-24)41(44)45/h6-16,33H,17-22H2,1-5H3. The van der Waals surface area contributed by atoms with Crippen LogP contribution in [0, 0.1) is 20.9 Å². The SMILES string of the molecule is COc1cc(C2C3=C(CC(C)(C)CC3=O)N(Cc3ccccc3)C3=C2C(=O)CC(C)(C)C3)cc(Br)c1OCc1ccc([N+](=O)[O-])cc1. The second-order valence-corrected chi connectivity index (χ2v) is 15.2. The zero-order chi connectivity index (χ0) is 33.7. The van der Waals surface area contributed by atoms with Gasteiger partial charge in [0.1, 0.15) is 6.61 Å². The number of ether oxygens (including phenoxy) is 2. The number of benzene rings is 3. The van der Waals surface area contributed by atoms with Crippen molar-refractivity contribution in [1.82, 2.24) is 4.90 Å². The Labute approximate surface area is 283 Å². The maximum atomic E-state index is 14.2. The Morgan fingerprint density at radius 1 is 0.851 bits per heavy atom. The van der Waals surface area contributed by atoms with E-state index in [9.17, 15) is 19.7 Å². The Kier molecular flexibility index (Phi) is 8.63. The van der Waals surface area contributed by atoms with E-state index < -0.39 is 10.8 Å². The van der Waals surface area contributed by atoms with Crippen LogP contribution in [-0.2, 0) is 22.7 Å². The topological polar surface area (TPSA) is 99.0 Å². The third kappa shape index (κ3) is 6.50.